The lowest BCUT2D eigenvalue weighted by molar-refractivity contribution is 0.0459. The Kier molecular flexibility index (Phi) is 3.24. The fraction of sp³-hybridized carbons (Fsp3) is 1.00. The lowest BCUT2D eigenvalue weighted by Gasteiger charge is -2.19. The summed E-state index contributed by atoms with van der Waals surface area (Å²) in [4.78, 5) is 0. The van der Waals surface area contributed by atoms with Crippen molar-refractivity contribution in [2.24, 2.45) is 11.8 Å². The van der Waals surface area contributed by atoms with Gasteiger partial charge in [0.05, 0.1) is 0 Å². The molecular weight excluding hydrogens is 148 g/mol. The Hall–Kier alpha value is -0.180. The zero-order valence-corrected chi connectivity index (χ0v) is 6.82. The predicted molar refractivity (Wildman–Crippen MR) is 40.8 cm³/mol. The Labute approximate surface area is 66.2 Å². The Bertz CT molecular complexity index is 117. The van der Waals surface area contributed by atoms with Crippen LogP contribution in [0.1, 0.15) is 19.8 Å². The summed E-state index contributed by atoms with van der Waals surface area (Å²) in [5.41, 5.74) is 0. The number of alkyl halides is 2. The lowest BCUT2D eigenvalue weighted by Crippen LogP contribution is -2.19. The van der Waals surface area contributed by atoms with Crippen LogP contribution in [0.4, 0.5) is 8.78 Å². The number of nitrogens with one attached hydrogen (secondary N) is 1. The van der Waals surface area contributed by atoms with Crippen molar-refractivity contribution in [2.45, 2.75) is 26.2 Å². The van der Waals surface area contributed by atoms with E-state index >= 15 is 0 Å². The molecule has 1 aliphatic rings. The van der Waals surface area contributed by atoms with Crippen LogP contribution < -0.4 is 5.32 Å². The second-order valence-electron chi connectivity index (χ2n) is 3.30. The first-order valence-corrected chi connectivity index (χ1v) is 4.20. The van der Waals surface area contributed by atoms with Crippen LogP contribution in [0.3, 0.4) is 0 Å². The molecule has 1 aliphatic heterocycles. The SMILES string of the molecule is CC1CCNCCC1C(F)F. The van der Waals surface area contributed by atoms with E-state index in [9.17, 15) is 8.78 Å². The first-order chi connectivity index (χ1) is 5.22. The largest absolute Gasteiger partial charge is 0.317 e. The molecule has 1 rings (SSSR count). The van der Waals surface area contributed by atoms with Gasteiger partial charge in [-0.25, -0.2) is 8.78 Å². The first kappa shape index (κ1) is 8.91. The van der Waals surface area contributed by atoms with Crippen molar-refractivity contribution in [3.05, 3.63) is 0 Å². The molecule has 1 nitrogen and oxygen atoms in total. The normalized spacial score (nSPS) is 33.8. The molecule has 0 saturated carbocycles. The van der Waals surface area contributed by atoms with Crippen molar-refractivity contribution in [1.82, 2.24) is 5.32 Å². The number of halogens is 2. The van der Waals surface area contributed by atoms with E-state index in [0.717, 1.165) is 19.5 Å². The summed E-state index contributed by atoms with van der Waals surface area (Å²) < 4.78 is 24.6. The average molecular weight is 163 g/mol. The average Bonchev–Trinajstić information content (AvgIpc) is 2.13. The van der Waals surface area contributed by atoms with Crippen molar-refractivity contribution in [3.63, 3.8) is 0 Å². The second-order valence-corrected chi connectivity index (χ2v) is 3.30. The predicted octanol–water partition coefficient (Wildman–Crippen LogP) is 1.89. The quantitative estimate of drug-likeness (QED) is 0.622. The number of rotatable bonds is 1. The molecule has 2 unspecified atom stereocenters. The van der Waals surface area contributed by atoms with Crippen molar-refractivity contribution < 1.29 is 8.78 Å². The van der Waals surface area contributed by atoms with Crippen LogP contribution in [0.25, 0.3) is 0 Å². The van der Waals surface area contributed by atoms with Gasteiger partial charge >= 0.3 is 0 Å². The van der Waals surface area contributed by atoms with Crippen LogP contribution in [0.15, 0.2) is 0 Å². The summed E-state index contributed by atoms with van der Waals surface area (Å²) in [6.45, 7) is 3.56. The van der Waals surface area contributed by atoms with E-state index in [1.807, 2.05) is 6.92 Å². The van der Waals surface area contributed by atoms with Gasteiger partial charge in [-0.3, -0.25) is 0 Å². The van der Waals surface area contributed by atoms with Crippen molar-refractivity contribution in [1.29, 1.82) is 0 Å². The van der Waals surface area contributed by atoms with E-state index in [2.05, 4.69) is 5.32 Å². The van der Waals surface area contributed by atoms with Crippen molar-refractivity contribution in [3.8, 4) is 0 Å². The molecule has 1 N–H and O–H groups in total. The van der Waals surface area contributed by atoms with E-state index in [-0.39, 0.29) is 11.8 Å². The van der Waals surface area contributed by atoms with E-state index in [0.29, 0.717) is 6.42 Å². The third-order valence-electron chi connectivity index (χ3n) is 2.49. The minimum absolute atomic E-state index is 0.171. The third-order valence-corrected chi connectivity index (χ3v) is 2.49. The Morgan fingerprint density at radius 1 is 1.27 bits per heavy atom. The van der Waals surface area contributed by atoms with Gasteiger partial charge in [-0.2, -0.15) is 0 Å². The molecule has 0 aromatic heterocycles. The van der Waals surface area contributed by atoms with E-state index in [1.165, 1.54) is 0 Å². The molecule has 2 atom stereocenters. The maximum Gasteiger partial charge on any atom is 0.241 e. The monoisotopic (exact) mass is 163 g/mol. The molecule has 0 aromatic carbocycles. The highest BCUT2D eigenvalue weighted by atomic mass is 19.3. The molecule has 0 aromatic rings. The molecule has 1 heterocycles. The zero-order chi connectivity index (χ0) is 8.27. The van der Waals surface area contributed by atoms with Crippen LogP contribution in [0.5, 0.6) is 0 Å². The summed E-state index contributed by atoms with van der Waals surface area (Å²) in [5, 5.41) is 3.13. The molecule has 0 spiro atoms. The molecule has 0 radical (unpaired) electrons. The van der Waals surface area contributed by atoms with Crippen molar-refractivity contribution >= 4 is 0 Å². The lowest BCUT2D eigenvalue weighted by atomic mass is 9.90. The Balaban J connectivity index is 2.45. The summed E-state index contributed by atoms with van der Waals surface area (Å²) >= 11 is 0. The van der Waals surface area contributed by atoms with E-state index in [4.69, 9.17) is 0 Å². The fourth-order valence-corrected chi connectivity index (χ4v) is 1.60. The summed E-state index contributed by atoms with van der Waals surface area (Å²) in [7, 11) is 0. The summed E-state index contributed by atoms with van der Waals surface area (Å²) in [6, 6.07) is 0. The Morgan fingerprint density at radius 2 is 1.91 bits per heavy atom. The molecule has 11 heavy (non-hydrogen) atoms. The van der Waals surface area contributed by atoms with Gasteiger partial charge in [-0.15, -0.1) is 0 Å². The van der Waals surface area contributed by atoms with E-state index < -0.39 is 6.43 Å². The smallest absolute Gasteiger partial charge is 0.241 e. The topological polar surface area (TPSA) is 12.0 Å². The van der Waals surface area contributed by atoms with Crippen LogP contribution in [-0.2, 0) is 0 Å². The van der Waals surface area contributed by atoms with Gasteiger partial charge in [0.15, 0.2) is 0 Å². The van der Waals surface area contributed by atoms with Gasteiger partial charge in [-0.05, 0) is 31.8 Å². The second kappa shape index (κ2) is 4.00. The molecule has 66 valence electrons. The molecule has 0 amide bonds. The summed E-state index contributed by atoms with van der Waals surface area (Å²) in [6.07, 6.45) is -0.627. The highest BCUT2D eigenvalue weighted by Crippen LogP contribution is 2.26. The maximum atomic E-state index is 12.3. The van der Waals surface area contributed by atoms with E-state index in [1.54, 1.807) is 0 Å². The van der Waals surface area contributed by atoms with Crippen LogP contribution in [0, 0.1) is 11.8 Å². The number of hydrogen-bond acceptors (Lipinski definition) is 1. The number of hydrogen-bond donors (Lipinski definition) is 1. The minimum atomic E-state index is -2.13. The highest BCUT2D eigenvalue weighted by molar-refractivity contribution is 4.74. The highest BCUT2D eigenvalue weighted by Gasteiger charge is 2.27. The maximum absolute atomic E-state index is 12.3. The fourth-order valence-electron chi connectivity index (χ4n) is 1.60. The van der Waals surface area contributed by atoms with Gasteiger partial charge in [0.1, 0.15) is 0 Å². The van der Waals surface area contributed by atoms with Crippen LogP contribution in [-0.4, -0.2) is 19.5 Å². The van der Waals surface area contributed by atoms with Crippen LogP contribution in [0.2, 0.25) is 0 Å². The molecular formula is C8H15F2N. The van der Waals surface area contributed by atoms with Gasteiger partial charge < -0.3 is 5.32 Å². The van der Waals surface area contributed by atoms with Gasteiger partial charge in [0.25, 0.3) is 0 Å². The zero-order valence-electron chi connectivity index (χ0n) is 6.82. The van der Waals surface area contributed by atoms with Crippen molar-refractivity contribution in [2.75, 3.05) is 13.1 Å². The molecule has 1 saturated heterocycles. The van der Waals surface area contributed by atoms with Crippen LogP contribution >= 0.6 is 0 Å². The Morgan fingerprint density at radius 3 is 2.55 bits per heavy atom. The molecule has 0 bridgehead atoms. The van der Waals surface area contributed by atoms with Gasteiger partial charge in [0.2, 0.25) is 6.43 Å². The standard InChI is InChI=1S/C8H15F2N/c1-6-2-4-11-5-3-7(6)8(9)10/h6-8,11H,2-5H2,1H3. The molecule has 0 aliphatic carbocycles. The molecule has 3 heteroatoms. The van der Waals surface area contributed by atoms with Gasteiger partial charge in [-0.1, -0.05) is 6.92 Å². The van der Waals surface area contributed by atoms with Gasteiger partial charge in [0, 0.05) is 5.92 Å². The first-order valence-electron chi connectivity index (χ1n) is 4.20. The summed E-state index contributed by atoms with van der Waals surface area (Å²) in [5.74, 6) is -0.213. The molecule has 1 fully saturated rings. The third kappa shape index (κ3) is 2.40. The minimum Gasteiger partial charge on any atom is -0.317 e.